The lowest BCUT2D eigenvalue weighted by atomic mass is 10.1. The van der Waals surface area contributed by atoms with Crippen molar-refractivity contribution in [1.29, 1.82) is 0 Å². The van der Waals surface area contributed by atoms with E-state index in [1.165, 1.54) is 19.3 Å². The number of aromatic amines is 1. The van der Waals surface area contributed by atoms with Crippen molar-refractivity contribution in [2.24, 2.45) is 0 Å². The van der Waals surface area contributed by atoms with Crippen molar-refractivity contribution in [2.45, 2.75) is 25.7 Å². The van der Waals surface area contributed by atoms with E-state index in [1.54, 1.807) is 6.33 Å². The zero-order valence-electron chi connectivity index (χ0n) is 11.9. The quantitative estimate of drug-likeness (QED) is 0.747. The number of H-pyrrole nitrogens is 1. The molecule has 0 amide bonds. The van der Waals surface area contributed by atoms with E-state index >= 15 is 0 Å². The van der Waals surface area contributed by atoms with Crippen molar-refractivity contribution >= 4 is 17.6 Å². The van der Waals surface area contributed by atoms with Gasteiger partial charge in [0, 0.05) is 32.1 Å². The zero-order chi connectivity index (χ0) is 14.5. The number of rotatable bonds is 5. The van der Waals surface area contributed by atoms with Gasteiger partial charge in [0.05, 0.1) is 0 Å². The van der Waals surface area contributed by atoms with E-state index < -0.39 is 0 Å². The highest BCUT2D eigenvalue weighted by Gasteiger charge is 2.12. The molecule has 2 aromatic rings. The highest BCUT2D eigenvalue weighted by atomic mass is 15.3. The predicted molar refractivity (Wildman–Crippen MR) is 81.1 cm³/mol. The van der Waals surface area contributed by atoms with Crippen molar-refractivity contribution in [3.8, 4) is 0 Å². The number of hydrogen-bond acceptors (Lipinski definition) is 7. The van der Waals surface area contributed by atoms with Crippen LogP contribution in [0.25, 0.3) is 0 Å². The molecule has 1 aliphatic heterocycles. The number of nitrogen functional groups attached to an aromatic ring is 1. The van der Waals surface area contributed by atoms with Crippen LogP contribution in [0.4, 0.5) is 17.6 Å². The monoisotopic (exact) mass is 288 g/mol. The molecule has 1 saturated heterocycles. The van der Waals surface area contributed by atoms with Gasteiger partial charge in [0.1, 0.15) is 23.8 Å². The maximum absolute atomic E-state index is 5.46. The van der Waals surface area contributed by atoms with Gasteiger partial charge in [0.25, 0.3) is 0 Å². The second kappa shape index (κ2) is 6.38. The van der Waals surface area contributed by atoms with Crippen molar-refractivity contribution in [3.63, 3.8) is 0 Å². The van der Waals surface area contributed by atoms with Crippen molar-refractivity contribution in [1.82, 2.24) is 25.1 Å². The van der Waals surface area contributed by atoms with Crippen molar-refractivity contribution in [3.05, 3.63) is 18.2 Å². The minimum Gasteiger partial charge on any atom is -0.369 e. The fourth-order valence-corrected chi connectivity index (χ4v) is 2.47. The number of nitrogens with zero attached hydrogens (tertiary/aromatic N) is 5. The first-order valence-corrected chi connectivity index (χ1v) is 7.29. The first-order valence-electron chi connectivity index (χ1n) is 7.29. The van der Waals surface area contributed by atoms with Gasteiger partial charge < -0.3 is 16.0 Å². The summed E-state index contributed by atoms with van der Waals surface area (Å²) in [6, 6.07) is 2.00. The molecule has 4 N–H and O–H groups in total. The van der Waals surface area contributed by atoms with Crippen LogP contribution in [0, 0.1) is 0 Å². The number of piperidine rings is 1. The smallest absolute Gasteiger partial charge is 0.239 e. The maximum atomic E-state index is 5.46. The van der Waals surface area contributed by atoms with Crippen LogP contribution in [-0.2, 0) is 6.42 Å². The Morgan fingerprint density at radius 3 is 2.86 bits per heavy atom. The molecule has 0 bridgehead atoms. The Bertz CT molecular complexity index is 575. The predicted octanol–water partition coefficient (Wildman–Crippen LogP) is 0.822. The third-order valence-corrected chi connectivity index (χ3v) is 3.55. The summed E-state index contributed by atoms with van der Waals surface area (Å²) in [5.74, 6) is 2.87. The summed E-state index contributed by atoms with van der Waals surface area (Å²) in [7, 11) is 0. The first kappa shape index (κ1) is 13.6. The van der Waals surface area contributed by atoms with Gasteiger partial charge >= 0.3 is 0 Å². The second-order valence-corrected chi connectivity index (χ2v) is 5.13. The molecule has 0 aromatic carbocycles. The van der Waals surface area contributed by atoms with E-state index in [2.05, 4.69) is 35.4 Å². The second-order valence-electron chi connectivity index (χ2n) is 5.13. The summed E-state index contributed by atoms with van der Waals surface area (Å²) in [5, 5.41) is 9.86. The lowest BCUT2D eigenvalue weighted by molar-refractivity contribution is 0.573. The number of nitrogens with one attached hydrogen (secondary N) is 2. The van der Waals surface area contributed by atoms with E-state index in [9.17, 15) is 0 Å². The van der Waals surface area contributed by atoms with Gasteiger partial charge in [0.15, 0.2) is 0 Å². The van der Waals surface area contributed by atoms with Crippen LogP contribution in [0.1, 0.15) is 25.1 Å². The van der Waals surface area contributed by atoms with Crippen LogP contribution in [-0.4, -0.2) is 44.8 Å². The van der Waals surface area contributed by atoms with Gasteiger partial charge in [-0.3, -0.25) is 5.10 Å². The standard InChI is InChI=1S/C13H20N8/c14-13-18-10(19-20-13)4-5-15-11-8-12(17-9-16-11)21-6-2-1-3-7-21/h8-9H,1-7H2,(H,15,16,17)(H3,14,18,19,20). The van der Waals surface area contributed by atoms with Crippen LogP contribution < -0.4 is 16.0 Å². The first-order chi connectivity index (χ1) is 10.3. The van der Waals surface area contributed by atoms with Gasteiger partial charge in [0.2, 0.25) is 5.95 Å². The minimum atomic E-state index is 0.277. The Hall–Kier alpha value is -2.38. The van der Waals surface area contributed by atoms with Crippen molar-refractivity contribution in [2.75, 3.05) is 35.6 Å². The average Bonchev–Trinajstić information content (AvgIpc) is 2.94. The molecule has 3 rings (SSSR count). The summed E-state index contributed by atoms with van der Waals surface area (Å²) in [6.07, 6.45) is 6.11. The molecule has 1 fully saturated rings. The molecule has 8 nitrogen and oxygen atoms in total. The average molecular weight is 288 g/mol. The number of aromatic nitrogens is 5. The molecule has 112 valence electrons. The Kier molecular flexibility index (Phi) is 4.13. The molecular weight excluding hydrogens is 268 g/mol. The largest absolute Gasteiger partial charge is 0.369 e. The Morgan fingerprint density at radius 1 is 1.24 bits per heavy atom. The topological polar surface area (TPSA) is 109 Å². The summed E-state index contributed by atoms with van der Waals surface area (Å²) in [4.78, 5) is 15.0. The molecule has 0 atom stereocenters. The van der Waals surface area contributed by atoms with Gasteiger partial charge in [-0.15, -0.1) is 5.10 Å². The number of nitrogens with two attached hydrogens (primary N) is 1. The molecule has 2 aromatic heterocycles. The zero-order valence-corrected chi connectivity index (χ0v) is 11.9. The summed E-state index contributed by atoms with van der Waals surface area (Å²) in [5.41, 5.74) is 5.46. The Morgan fingerprint density at radius 2 is 2.10 bits per heavy atom. The lowest BCUT2D eigenvalue weighted by Gasteiger charge is -2.27. The van der Waals surface area contributed by atoms with E-state index in [1.807, 2.05) is 6.07 Å². The molecule has 0 spiro atoms. The highest BCUT2D eigenvalue weighted by Crippen LogP contribution is 2.18. The Balaban J connectivity index is 1.55. The van der Waals surface area contributed by atoms with E-state index in [4.69, 9.17) is 5.73 Å². The SMILES string of the molecule is Nc1n[nH]c(CCNc2cc(N3CCCCC3)ncn2)n1. The summed E-state index contributed by atoms with van der Waals surface area (Å²) >= 11 is 0. The van der Waals surface area contributed by atoms with Crippen LogP contribution in [0.3, 0.4) is 0 Å². The molecule has 3 heterocycles. The minimum absolute atomic E-state index is 0.277. The van der Waals surface area contributed by atoms with E-state index in [0.29, 0.717) is 13.0 Å². The van der Waals surface area contributed by atoms with Gasteiger partial charge in [-0.05, 0) is 19.3 Å². The Labute approximate surface area is 123 Å². The molecule has 21 heavy (non-hydrogen) atoms. The maximum Gasteiger partial charge on any atom is 0.239 e. The third-order valence-electron chi connectivity index (χ3n) is 3.55. The highest BCUT2D eigenvalue weighted by molar-refractivity contribution is 5.48. The molecule has 0 aliphatic carbocycles. The summed E-state index contributed by atoms with van der Waals surface area (Å²) < 4.78 is 0. The molecule has 0 radical (unpaired) electrons. The van der Waals surface area contributed by atoms with E-state index in [0.717, 1.165) is 30.5 Å². The molecule has 8 heteroatoms. The molecule has 0 unspecified atom stereocenters. The van der Waals surface area contributed by atoms with E-state index in [-0.39, 0.29) is 5.95 Å². The molecule has 0 saturated carbocycles. The van der Waals surface area contributed by atoms with Crippen LogP contribution in [0.15, 0.2) is 12.4 Å². The van der Waals surface area contributed by atoms with Crippen LogP contribution in [0.2, 0.25) is 0 Å². The van der Waals surface area contributed by atoms with Crippen LogP contribution >= 0.6 is 0 Å². The summed E-state index contributed by atoms with van der Waals surface area (Å²) in [6.45, 7) is 2.87. The number of anilines is 3. The van der Waals surface area contributed by atoms with Gasteiger partial charge in [-0.1, -0.05) is 0 Å². The number of hydrogen-bond donors (Lipinski definition) is 3. The van der Waals surface area contributed by atoms with Crippen LogP contribution in [0.5, 0.6) is 0 Å². The van der Waals surface area contributed by atoms with Gasteiger partial charge in [-0.2, -0.15) is 4.98 Å². The normalized spacial score (nSPS) is 15.1. The fourth-order valence-electron chi connectivity index (χ4n) is 2.47. The fraction of sp³-hybridized carbons (Fsp3) is 0.538. The molecule has 1 aliphatic rings. The molecular formula is C13H20N8. The van der Waals surface area contributed by atoms with Gasteiger partial charge in [-0.25, -0.2) is 9.97 Å². The third kappa shape index (κ3) is 3.59. The van der Waals surface area contributed by atoms with Crippen molar-refractivity contribution < 1.29 is 0 Å². The lowest BCUT2D eigenvalue weighted by Crippen LogP contribution is -2.30.